The highest BCUT2D eigenvalue weighted by molar-refractivity contribution is 7.92. The van der Waals surface area contributed by atoms with Crippen molar-refractivity contribution >= 4 is 38.9 Å². The van der Waals surface area contributed by atoms with Crippen LogP contribution in [0.15, 0.2) is 48.5 Å². The third-order valence-electron chi connectivity index (χ3n) is 4.02. The van der Waals surface area contributed by atoms with Gasteiger partial charge >= 0.3 is 0 Å². The normalized spacial score (nSPS) is 11.2. The Hall–Kier alpha value is -2.87. The third-order valence-corrected chi connectivity index (χ3v) is 5.16. The zero-order valence-electron chi connectivity index (χ0n) is 16.4. The molecule has 28 heavy (non-hydrogen) atoms. The molecular formula is C20H25N3O4S. The van der Waals surface area contributed by atoms with Gasteiger partial charge in [-0.05, 0) is 47.9 Å². The van der Waals surface area contributed by atoms with Gasteiger partial charge in [-0.3, -0.25) is 13.9 Å². The first-order valence-corrected chi connectivity index (χ1v) is 10.7. The topological polar surface area (TPSA) is 95.6 Å². The van der Waals surface area contributed by atoms with Crippen LogP contribution in [0, 0.1) is 0 Å². The molecule has 2 aromatic carbocycles. The number of nitrogens with one attached hydrogen (secondary N) is 2. The highest BCUT2D eigenvalue weighted by Crippen LogP contribution is 2.22. The van der Waals surface area contributed by atoms with E-state index in [0.717, 1.165) is 16.1 Å². The van der Waals surface area contributed by atoms with Gasteiger partial charge in [-0.1, -0.05) is 26.0 Å². The lowest BCUT2D eigenvalue weighted by molar-refractivity contribution is -0.115. The van der Waals surface area contributed by atoms with Gasteiger partial charge in [0.2, 0.25) is 21.8 Å². The molecule has 0 fully saturated rings. The smallest absolute Gasteiger partial charge is 0.245 e. The number of hydrogen-bond acceptors (Lipinski definition) is 4. The number of carbonyl (C=O) groups excluding carboxylic acids is 2. The Morgan fingerprint density at radius 2 is 1.43 bits per heavy atom. The number of anilines is 3. The number of rotatable bonds is 7. The second-order valence-electron chi connectivity index (χ2n) is 6.82. The molecular weight excluding hydrogens is 378 g/mol. The van der Waals surface area contributed by atoms with E-state index in [9.17, 15) is 18.0 Å². The van der Waals surface area contributed by atoms with E-state index in [-0.39, 0.29) is 12.5 Å². The molecule has 0 aliphatic heterocycles. The minimum atomic E-state index is -3.63. The molecule has 8 heteroatoms. The molecule has 0 aromatic heterocycles. The zero-order chi connectivity index (χ0) is 20.9. The van der Waals surface area contributed by atoms with Crippen molar-refractivity contribution in [3.05, 3.63) is 54.1 Å². The molecule has 0 spiro atoms. The molecule has 7 nitrogen and oxygen atoms in total. The van der Waals surface area contributed by atoms with Gasteiger partial charge in [0.25, 0.3) is 0 Å². The Kier molecular flexibility index (Phi) is 6.80. The number of benzene rings is 2. The van der Waals surface area contributed by atoms with Crippen molar-refractivity contribution in [3.63, 3.8) is 0 Å². The number of sulfonamides is 1. The molecule has 150 valence electrons. The van der Waals surface area contributed by atoms with E-state index in [0.29, 0.717) is 23.0 Å². The predicted octanol–water partition coefficient (Wildman–Crippen LogP) is 3.17. The average molecular weight is 404 g/mol. The zero-order valence-corrected chi connectivity index (χ0v) is 17.2. The number of hydrogen-bond donors (Lipinski definition) is 2. The fraction of sp³-hybridized carbons (Fsp3) is 0.300. The Bertz CT molecular complexity index is 936. The lowest BCUT2D eigenvalue weighted by atomic mass is 10.0. The van der Waals surface area contributed by atoms with Crippen LogP contribution in [0.2, 0.25) is 0 Å². The predicted molar refractivity (Wildman–Crippen MR) is 112 cm³/mol. The summed E-state index contributed by atoms with van der Waals surface area (Å²) in [4.78, 5) is 23.4. The maximum absolute atomic E-state index is 12.4. The molecule has 2 N–H and O–H groups in total. The molecule has 2 amide bonds. The lowest BCUT2D eigenvalue weighted by Gasteiger charge is -2.22. The molecule has 0 aliphatic carbocycles. The van der Waals surface area contributed by atoms with Crippen LogP contribution >= 0.6 is 0 Å². The van der Waals surface area contributed by atoms with Gasteiger partial charge in [-0.15, -0.1) is 0 Å². The Morgan fingerprint density at radius 3 is 1.86 bits per heavy atom. The fourth-order valence-electron chi connectivity index (χ4n) is 2.60. The molecule has 0 radical (unpaired) electrons. The number of carbonyl (C=O) groups is 2. The molecule has 0 aliphatic rings. The standard InChI is InChI=1S/C20H25N3O4S/c1-14(2)16-5-11-19(12-6-16)23(28(4,26)27)13-20(25)22-18-9-7-17(8-10-18)21-15(3)24/h5-12,14H,13H2,1-4H3,(H,21,24)(H,22,25). The molecule has 0 atom stereocenters. The molecule has 0 bridgehead atoms. The van der Waals surface area contributed by atoms with Crippen molar-refractivity contribution in [2.45, 2.75) is 26.7 Å². The van der Waals surface area contributed by atoms with Gasteiger partial charge < -0.3 is 10.6 Å². The van der Waals surface area contributed by atoms with Crippen LogP contribution in [0.25, 0.3) is 0 Å². The van der Waals surface area contributed by atoms with Crippen LogP contribution in [0.1, 0.15) is 32.3 Å². The van der Waals surface area contributed by atoms with Gasteiger partial charge in [-0.25, -0.2) is 8.42 Å². The van der Waals surface area contributed by atoms with Crippen LogP contribution in [-0.2, 0) is 19.6 Å². The summed E-state index contributed by atoms with van der Waals surface area (Å²) in [5.74, 6) is -0.334. The number of nitrogens with zero attached hydrogens (tertiary/aromatic N) is 1. The second-order valence-corrected chi connectivity index (χ2v) is 8.73. The summed E-state index contributed by atoms with van der Waals surface area (Å²) in [6.07, 6.45) is 1.07. The van der Waals surface area contributed by atoms with Crippen LogP contribution in [0.4, 0.5) is 17.1 Å². The van der Waals surface area contributed by atoms with Gasteiger partial charge in [0.05, 0.1) is 11.9 Å². The van der Waals surface area contributed by atoms with Crippen molar-refractivity contribution in [2.24, 2.45) is 0 Å². The first-order valence-electron chi connectivity index (χ1n) is 8.81. The van der Waals surface area contributed by atoms with Gasteiger partial charge in [0.15, 0.2) is 0 Å². The quantitative estimate of drug-likeness (QED) is 0.742. The van der Waals surface area contributed by atoms with Crippen molar-refractivity contribution in [1.29, 1.82) is 0 Å². The van der Waals surface area contributed by atoms with E-state index in [2.05, 4.69) is 10.6 Å². The minimum Gasteiger partial charge on any atom is -0.326 e. The molecule has 2 rings (SSSR count). The van der Waals surface area contributed by atoms with Crippen LogP contribution < -0.4 is 14.9 Å². The molecule has 0 heterocycles. The first-order chi connectivity index (χ1) is 13.1. The van der Waals surface area contributed by atoms with E-state index >= 15 is 0 Å². The van der Waals surface area contributed by atoms with Gasteiger partial charge in [0.1, 0.15) is 6.54 Å². The summed E-state index contributed by atoms with van der Waals surface area (Å²) >= 11 is 0. The van der Waals surface area contributed by atoms with Crippen LogP contribution in [-0.4, -0.2) is 33.0 Å². The molecule has 0 saturated carbocycles. The fourth-order valence-corrected chi connectivity index (χ4v) is 3.45. The summed E-state index contributed by atoms with van der Waals surface area (Å²) in [5, 5.41) is 5.30. The minimum absolute atomic E-state index is 0.191. The molecule has 2 aromatic rings. The van der Waals surface area contributed by atoms with Crippen LogP contribution in [0.5, 0.6) is 0 Å². The monoisotopic (exact) mass is 403 g/mol. The van der Waals surface area contributed by atoms with E-state index in [1.165, 1.54) is 6.92 Å². The summed E-state index contributed by atoms with van der Waals surface area (Å²) < 4.78 is 25.5. The van der Waals surface area contributed by atoms with Crippen molar-refractivity contribution < 1.29 is 18.0 Å². The Morgan fingerprint density at radius 1 is 0.929 bits per heavy atom. The van der Waals surface area contributed by atoms with E-state index < -0.39 is 15.9 Å². The maximum Gasteiger partial charge on any atom is 0.245 e. The summed E-state index contributed by atoms with van der Waals surface area (Å²) in [6.45, 7) is 5.17. The van der Waals surface area contributed by atoms with Gasteiger partial charge in [0, 0.05) is 18.3 Å². The summed E-state index contributed by atoms with van der Waals surface area (Å²) in [7, 11) is -3.63. The van der Waals surface area contributed by atoms with Crippen LogP contribution in [0.3, 0.4) is 0 Å². The number of amides is 2. The summed E-state index contributed by atoms with van der Waals surface area (Å²) in [5.41, 5.74) is 2.63. The van der Waals surface area contributed by atoms with E-state index in [1.807, 2.05) is 26.0 Å². The molecule has 0 unspecified atom stereocenters. The lowest BCUT2D eigenvalue weighted by Crippen LogP contribution is -2.37. The Labute approximate surface area is 165 Å². The van der Waals surface area contributed by atoms with E-state index in [1.54, 1.807) is 36.4 Å². The Balaban J connectivity index is 2.12. The largest absolute Gasteiger partial charge is 0.326 e. The molecule has 0 saturated heterocycles. The SMILES string of the molecule is CC(=O)Nc1ccc(NC(=O)CN(c2ccc(C(C)C)cc2)S(C)(=O)=O)cc1. The maximum atomic E-state index is 12.4. The van der Waals surface area contributed by atoms with Crippen molar-refractivity contribution in [3.8, 4) is 0 Å². The van der Waals surface area contributed by atoms with Crippen molar-refractivity contribution in [2.75, 3.05) is 27.7 Å². The highest BCUT2D eigenvalue weighted by Gasteiger charge is 2.21. The third kappa shape index (κ3) is 6.09. The van der Waals surface area contributed by atoms with Gasteiger partial charge in [-0.2, -0.15) is 0 Å². The van der Waals surface area contributed by atoms with E-state index in [4.69, 9.17) is 0 Å². The average Bonchev–Trinajstić information content (AvgIpc) is 2.60. The first kappa shape index (κ1) is 21.4. The van der Waals surface area contributed by atoms with Crippen molar-refractivity contribution in [1.82, 2.24) is 0 Å². The second kappa shape index (κ2) is 8.88. The highest BCUT2D eigenvalue weighted by atomic mass is 32.2. The summed E-state index contributed by atoms with van der Waals surface area (Å²) in [6, 6.07) is 13.7.